The SMILES string of the molecule is CCc1ccc(S(=O)(=O)Nc2ccc(C3(C(=O)NCCc4ccccc4)CC3)cc2)cc1. The highest BCUT2D eigenvalue weighted by atomic mass is 32.2. The smallest absolute Gasteiger partial charge is 0.261 e. The second-order valence-electron chi connectivity index (χ2n) is 8.25. The zero-order valence-corrected chi connectivity index (χ0v) is 19.0. The van der Waals surface area contributed by atoms with E-state index in [1.54, 1.807) is 24.3 Å². The second kappa shape index (κ2) is 9.17. The van der Waals surface area contributed by atoms with E-state index in [4.69, 9.17) is 0 Å². The molecular formula is C26H28N2O3S. The summed E-state index contributed by atoms with van der Waals surface area (Å²) in [6.45, 7) is 2.62. The van der Waals surface area contributed by atoms with Crippen molar-refractivity contribution in [3.05, 3.63) is 95.6 Å². The zero-order chi connectivity index (χ0) is 22.6. The summed E-state index contributed by atoms with van der Waals surface area (Å²) >= 11 is 0. The van der Waals surface area contributed by atoms with Gasteiger partial charge in [0.2, 0.25) is 5.91 Å². The van der Waals surface area contributed by atoms with Crippen LogP contribution in [0, 0.1) is 0 Å². The summed E-state index contributed by atoms with van der Waals surface area (Å²) in [5, 5.41) is 3.07. The first-order valence-corrected chi connectivity index (χ1v) is 12.5. The number of nitrogens with one attached hydrogen (secondary N) is 2. The van der Waals surface area contributed by atoms with Gasteiger partial charge in [-0.3, -0.25) is 9.52 Å². The molecule has 1 aliphatic rings. The third-order valence-corrected chi connectivity index (χ3v) is 7.46. The van der Waals surface area contributed by atoms with Gasteiger partial charge in [-0.2, -0.15) is 0 Å². The van der Waals surface area contributed by atoms with Crippen molar-refractivity contribution in [3.8, 4) is 0 Å². The number of carbonyl (C=O) groups is 1. The quantitative estimate of drug-likeness (QED) is 0.508. The predicted octanol–water partition coefficient (Wildman–Crippen LogP) is 4.44. The molecular weight excluding hydrogens is 420 g/mol. The largest absolute Gasteiger partial charge is 0.355 e. The number of anilines is 1. The maximum absolute atomic E-state index is 12.8. The van der Waals surface area contributed by atoms with Crippen molar-refractivity contribution in [2.45, 2.75) is 42.9 Å². The van der Waals surface area contributed by atoms with Crippen LogP contribution in [0.2, 0.25) is 0 Å². The average molecular weight is 449 g/mol. The van der Waals surface area contributed by atoms with E-state index in [0.717, 1.165) is 36.8 Å². The maximum atomic E-state index is 12.8. The minimum absolute atomic E-state index is 0.0396. The van der Waals surface area contributed by atoms with E-state index in [0.29, 0.717) is 12.2 Å². The summed E-state index contributed by atoms with van der Waals surface area (Å²) in [6.07, 6.45) is 3.26. The molecule has 0 bridgehead atoms. The summed E-state index contributed by atoms with van der Waals surface area (Å²) in [7, 11) is -3.66. The van der Waals surface area contributed by atoms with Crippen molar-refractivity contribution in [2.24, 2.45) is 0 Å². The van der Waals surface area contributed by atoms with E-state index >= 15 is 0 Å². The van der Waals surface area contributed by atoms with Crippen molar-refractivity contribution in [1.29, 1.82) is 0 Å². The van der Waals surface area contributed by atoms with Crippen molar-refractivity contribution >= 4 is 21.6 Å². The molecule has 1 amide bonds. The van der Waals surface area contributed by atoms with Crippen LogP contribution in [0.1, 0.15) is 36.5 Å². The molecule has 3 aromatic carbocycles. The first kappa shape index (κ1) is 22.1. The predicted molar refractivity (Wildman–Crippen MR) is 127 cm³/mol. The third kappa shape index (κ3) is 4.86. The van der Waals surface area contributed by atoms with Crippen LogP contribution >= 0.6 is 0 Å². The van der Waals surface area contributed by atoms with Crippen molar-refractivity contribution in [1.82, 2.24) is 5.32 Å². The lowest BCUT2D eigenvalue weighted by Gasteiger charge is -2.17. The molecule has 166 valence electrons. The lowest BCUT2D eigenvalue weighted by molar-refractivity contribution is -0.123. The number of carbonyl (C=O) groups excluding carboxylic acids is 1. The van der Waals surface area contributed by atoms with Crippen LogP contribution in [0.5, 0.6) is 0 Å². The van der Waals surface area contributed by atoms with Crippen molar-refractivity contribution in [2.75, 3.05) is 11.3 Å². The zero-order valence-electron chi connectivity index (χ0n) is 18.2. The number of sulfonamides is 1. The van der Waals surface area contributed by atoms with Crippen LogP contribution < -0.4 is 10.0 Å². The van der Waals surface area contributed by atoms with E-state index in [-0.39, 0.29) is 10.8 Å². The Morgan fingerprint density at radius 1 is 0.875 bits per heavy atom. The van der Waals surface area contributed by atoms with Crippen LogP contribution in [0.15, 0.2) is 83.8 Å². The Morgan fingerprint density at radius 3 is 2.12 bits per heavy atom. The second-order valence-corrected chi connectivity index (χ2v) is 9.94. The molecule has 1 saturated carbocycles. The van der Waals surface area contributed by atoms with Crippen LogP contribution in [0.25, 0.3) is 0 Å². The molecule has 1 aliphatic carbocycles. The van der Waals surface area contributed by atoms with Gasteiger partial charge in [-0.25, -0.2) is 8.42 Å². The number of amides is 1. The van der Waals surface area contributed by atoms with E-state index in [9.17, 15) is 13.2 Å². The molecule has 6 heteroatoms. The Labute approximate surface area is 189 Å². The summed E-state index contributed by atoms with van der Waals surface area (Å²) < 4.78 is 28.0. The Morgan fingerprint density at radius 2 is 1.53 bits per heavy atom. The Hall–Kier alpha value is -3.12. The van der Waals surface area contributed by atoms with Crippen molar-refractivity contribution in [3.63, 3.8) is 0 Å². The Balaban J connectivity index is 1.38. The van der Waals surface area contributed by atoms with Gasteiger partial charge in [0.15, 0.2) is 0 Å². The summed E-state index contributed by atoms with van der Waals surface area (Å²) in [6, 6.07) is 24.1. The first-order valence-electron chi connectivity index (χ1n) is 11.0. The highest BCUT2D eigenvalue weighted by molar-refractivity contribution is 7.92. The van der Waals surface area contributed by atoms with Crippen LogP contribution in [0.4, 0.5) is 5.69 Å². The molecule has 0 saturated heterocycles. The first-order chi connectivity index (χ1) is 15.4. The normalized spacial score (nSPS) is 14.5. The highest BCUT2D eigenvalue weighted by Gasteiger charge is 2.51. The van der Waals surface area contributed by atoms with Gasteiger partial charge in [-0.1, -0.05) is 61.5 Å². The molecule has 0 spiro atoms. The lowest BCUT2D eigenvalue weighted by Crippen LogP contribution is -2.35. The van der Waals surface area contributed by atoms with Crippen LogP contribution in [-0.2, 0) is 33.1 Å². The number of benzene rings is 3. The van der Waals surface area contributed by atoms with Crippen LogP contribution in [-0.4, -0.2) is 20.9 Å². The van der Waals surface area contributed by atoms with Crippen LogP contribution in [0.3, 0.4) is 0 Å². The molecule has 4 rings (SSSR count). The van der Waals surface area contributed by atoms with E-state index in [1.807, 2.05) is 49.4 Å². The minimum Gasteiger partial charge on any atom is -0.355 e. The molecule has 0 unspecified atom stereocenters. The van der Waals surface area contributed by atoms with Gasteiger partial charge < -0.3 is 5.32 Å². The fourth-order valence-corrected chi connectivity index (χ4v) is 4.94. The average Bonchev–Trinajstić information content (AvgIpc) is 3.62. The Kier molecular flexibility index (Phi) is 6.33. The summed E-state index contributed by atoms with van der Waals surface area (Å²) in [5.41, 5.74) is 3.19. The minimum atomic E-state index is -3.66. The number of hydrogen-bond donors (Lipinski definition) is 2. The van der Waals surface area contributed by atoms with Gasteiger partial charge in [0.25, 0.3) is 10.0 Å². The fraction of sp³-hybridized carbons (Fsp3) is 0.269. The molecule has 1 fully saturated rings. The molecule has 3 aromatic rings. The highest BCUT2D eigenvalue weighted by Crippen LogP contribution is 2.48. The van der Waals surface area contributed by atoms with Gasteiger partial charge in [-0.15, -0.1) is 0 Å². The molecule has 2 N–H and O–H groups in total. The molecule has 0 radical (unpaired) electrons. The monoisotopic (exact) mass is 448 g/mol. The molecule has 0 heterocycles. The van der Waals surface area contributed by atoms with E-state index in [2.05, 4.69) is 22.2 Å². The van der Waals surface area contributed by atoms with E-state index < -0.39 is 15.4 Å². The van der Waals surface area contributed by atoms with Gasteiger partial charge in [0.1, 0.15) is 0 Å². The van der Waals surface area contributed by atoms with Gasteiger partial charge in [0, 0.05) is 12.2 Å². The fourth-order valence-electron chi connectivity index (χ4n) is 3.88. The molecule has 0 atom stereocenters. The van der Waals surface area contributed by atoms with Crippen molar-refractivity contribution < 1.29 is 13.2 Å². The topological polar surface area (TPSA) is 75.3 Å². The molecule has 32 heavy (non-hydrogen) atoms. The van der Waals surface area contributed by atoms with E-state index in [1.165, 1.54) is 5.56 Å². The maximum Gasteiger partial charge on any atom is 0.261 e. The molecule has 0 aliphatic heterocycles. The summed E-state index contributed by atoms with van der Waals surface area (Å²) in [5.74, 6) is 0.0396. The standard InChI is InChI=1S/C26H28N2O3S/c1-2-20-8-14-24(15-9-20)32(30,31)28-23-12-10-22(11-13-23)26(17-18-26)25(29)27-19-16-21-6-4-3-5-7-21/h3-15,28H,2,16-19H2,1H3,(H,27,29). The summed E-state index contributed by atoms with van der Waals surface area (Å²) in [4.78, 5) is 13.1. The number of hydrogen-bond acceptors (Lipinski definition) is 3. The number of aryl methyl sites for hydroxylation is 1. The molecule has 0 aromatic heterocycles. The number of rotatable bonds is 9. The van der Waals surface area contributed by atoms with Gasteiger partial charge in [0.05, 0.1) is 10.3 Å². The molecule has 5 nitrogen and oxygen atoms in total. The third-order valence-electron chi connectivity index (χ3n) is 6.06. The van der Waals surface area contributed by atoms with Gasteiger partial charge >= 0.3 is 0 Å². The lowest BCUT2D eigenvalue weighted by atomic mass is 9.94. The Bertz CT molecular complexity index is 1170. The van der Waals surface area contributed by atoms with Gasteiger partial charge in [-0.05, 0) is 66.6 Å².